The van der Waals surface area contributed by atoms with Crippen LogP contribution in [0.1, 0.15) is 26.6 Å². The van der Waals surface area contributed by atoms with Crippen molar-refractivity contribution in [1.29, 1.82) is 0 Å². The molecule has 1 aromatic rings. The molecule has 1 fully saturated rings. The maximum absolute atomic E-state index is 12.5. The number of esters is 1. The lowest BCUT2D eigenvalue weighted by molar-refractivity contribution is -0.150. The molecule has 7 heteroatoms. The molecule has 0 aliphatic heterocycles. The topological polar surface area (TPSA) is 66.1 Å². The fourth-order valence-corrected chi connectivity index (χ4v) is 3.65. The molecular formula is C19H23N3O3S. The second-order valence-electron chi connectivity index (χ2n) is 6.65. The molecule has 1 aliphatic carbocycles. The first kappa shape index (κ1) is 19.9. The molecule has 0 spiro atoms. The van der Waals surface area contributed by atoms with Crippen LogP contribution in [0.2, 0.25) is 0 Å². The van der Waals surface area contributed by atoms with Crippen molar-refractivity contribution in [3.8, 4) is 24.7 Å². The number of hydrogen-bond donors (Lipinski definition) is 0. The quantitative estimate of drug-likeness (QED) is 0.540. The Morgan fingerprint density at radius 1 is 1.46 bits per heavy atom. The van der Waals surface area contributed by atoms with E-state index in [-0.39, 0.29) is 36.5 Å². The van der Waals surface area contributed by atoms with Gasteiger partial charge in [-0.2, -0.15) is 9.78 Å². The van der Waals surface area contributed by atoms with E-state index in [1.165, 1.54) is 4.57 Å². The zero-order valence-electron chi connectivity index (χ0n) is 15.5. The van der Waals surface area contributed by atoms with E-state index in [0.717, 1.165) is 15.3 Å². The number of carbonyl (C=O) groups excluding carboxylic acids is 1. The van der Waals surface area contributed by atoms with Crippen molar-refractivity contribution in [1.82, 2.24) is 14.3 Å². The number of ether oxygens (including phenoxy) is 1. The fraction of sp³-hybridized carbons (Fsp3) is 0.526. The summed E-state index contributed by atoms with van der Waals surface area (Å²) < 4.78 is 7.78. The summed E-state index contributed by atoms with van der Waals surface area (Å²) in [6.45, 7) is 7.61. The third kappa shape index (κ3) is 3.89. The number of carbonyl (C=O) groups is 1. The van der Waals surface area contributed by atoms with Gasteiger partial charge in [0.25, 0.3) is 0 Å². The molecule has 1 heterocycles. The molecule has 1 aromatic heterocycles. The molecule has 26 heavy (non-hydrogen) atoms. The minimum absolute atomic E-state index is 0.0255. The first-order chi connectivity index (χ1) is 12.3. The van der Waals surface area contributed by atoms with Crippen LogP contribution >= 0.6 is 11.8 Å². The number of nitrogens with zero attached hydrogens (tertiary/aromatic N) is 3. The molecule has 138 valence electrons. The third-order valence-electron chi connectivity index (χ3n) is 4.62. The van der Waals surface area contributed by atoms with E-state index < -0.39 is 5.69 Å². The van der Waals surface area contributed by atoms with Gasteiger partial charge in [-0.25, -0.2) is 4.79 Å². The van der Waals surface area contributed by atoms with Crippen LogP contribution in [0.15, 0.2) is 15.8 Å². The molecule has 0 radical (unpaired) electrons. The Kier molecular flexibility index (Phi) is 6.05. The minimum atomic E-state index is -0.395. The lowest BCUT2D eigenvalue weighted by Gasteiger charge is -2.04. The highest BCUT2D eigenvalue weighted by atomic mass is 32.2. The summed E-state index contributed by atoms with van der Waals surface area (Å²) in [5.41, 5.74) is -0.620. The van der Waals surface area contributed by atoms with Gasteiger partial charge in [-0.3, -0.25) is 9.36 Å². The van der Waals surface area contributed by atoms with Crippen LogP contribution in [0.5, 0.6) is 0 Å². The predicted molar refractivity (Wildman–Crippen MR) is 102 cm³/mol. The van der Waals surface area contributed by atoms with Gasteiger partial charge in [-0.05, 0) is 24.0 Å². The van der Waals surface area contributed by atoms with Gasteiger partial charge in [-0.15, -0.1) is 24.6 Å². The summed E-state index contributed by atoms with van der Waals surface area (Å²) in [7, 11) is 0. The highest BCUT2D eigenvalue weighted by Gasteiger charge is 2.61. The largest absolute Gasteiger partial charge is 0.442 e. The first-order valence-electron chi connectivity index (χ1n) is 8.33. The van der Waals surface area contributed by atoms with Crippen LogP contribution in [-0.2, 0) is 22.8 Å². The molecule has 0 bridgehead atoms. The Hall–Kier alpha value is -2.38. The average Bonchev–Trinajstić information content (AvgIpc) is 3.03. The van der Waals surface area contributed by atoms with Crippen molar-refractivity contribution < 1.29 is 9.53 Å². The molecule has 2 atom stereocenters. The third-order valence-corrected chi connectivity index (χ3v) is 5.48. The van der Waals surface area contributed by atoms with E-state index in [0.29, 0.717) is 5.82 Å². The lowest BCUT2D eigenvalue weighted by Crippen LogP contribution is -2.27. The summed E-state index contributed by atoms with van der Waals surface area (Å²) in [6.07, 6.45) is 12.7. The number of hydrogen-bond acceptors (Lipinski definition) is 5. The van der Waals surface area contributed by atoms with Gasteiger partial charge in [0.2, 0.25) is 0 Å². The number of allylic oxidation sites excluding steroid dienone is 2. The summed E-state index contributed by atoms with van der Waals surface area (Å²) >= 11 is 1.58. The Morgan fingerprint density at radius 2 is 2.15 bits per heavy atom. The van der Waals surface area contributed by atoms with Crippen molar-refractivity contribution in [3.05, 3.63) is 27.3 Å². The van der Waals surface area contributed by atoms with Crippen LogP contribution < -0.4 is 5.69 Å². The van der Waals surface area contributed by atoms with Crippen molar-refractivity contribution in [2.75, 3.05) is 5.75 Å². The summed E-state index contributed by atoms with van der Waals surface area (Å²) in [4.78, 5) is 25.5. The highest BCUT2D eigenvalue weighted by molar-refractivity contribution is 8.03. The number of thioether (sulfide) groups is 1. The SMILES string of the molecule is C#CCn1c(C)nn(COC(=O)[C@@H]2[C@@H](/C=C(/C#C)SCC)C2(C)C)c1=O. The van der Waals surface area contributed by atoms with Crippen molar-refractivity contribution >= 4 is 17.7 Å². The molecule has 6 nitrogen and oxygen atoms in total. The normalized spacial score (nSPS) is 20.9. The van der Waals surface area contributed by atoms with E-state index in [1.807, 2.05) is 26.8 Å². The molecule has 1 aliphatic rings. The Bertz CT molecular complexity index is 864. The average molecular weight is 373 g/mol. The van der Waals surface area contributed by atoms with Crippen molar-refractivity contribution in [3.63, 3.8) is 0 Å². The highest BCUT2D eigenvalue weighted by Crippen LogP contribution is 2.60. The van der Waals surface area contributed by atoms with Crippen LogP contribution in [0, 0.1) is 48.9 Å². The van der Waals surface area contributed by atoms with E-state index in [4.69, 9.17) is 17.6 Å². The van der Waals surface area contributed by atoms with Gasteiger partial charge in [0, 0.05) is 0 Å². The predicted octanol–water partition coefficient (Wildman–Crippen LogP) is 2.03. The molecular weight excluding hydrogens is 350 g/mol. The van der Waals surface area contributed by atoms with Gasteiger partial charge >= 0.3 is 11.7 Å². The zero-order chi connectivity index (χ0) is 19.5. The Morgan fingerprint density at radius 3 is 2.73 bits per heavy atom. The van der Waals surface area contributed by atoms with E-state index in [9.17, 15) is 9.59 Å². The van der Waals surface area contributed by atoms with Crippen LogP contribution in [0.4, 0.5) is 0 Å². The van der Waals surface area contributed by atoms with E-state index in [1.54, 1.807) is 18.7 Å². The van der Waals surface area contributed by atoms with Gasteiger partial charge in [-0.1, -0.05) is 38.7 Å². The fourth-order valence-electron chi connectivity index (χ4n) is 3.02. The lowest BCUT2D eigenvalue weighted by atomic mass is 10.1. The first-order valence-corrected chi connectivity index (χ1v) is 9.32. The second kappa shape index (κ2) is 7.88. The molecule has 1 saturated carbocycles. The molecule has 0 unspecified atom stereocenters. The Balaban J connectivity index is 2.05. The van der Waals surface area contributed by atoms with Gasteiger partial charge < -0.3 is 4.74 Å². The number of aromatic nitrogens is 3. The summed E-state index contributed by atoms with van der Waals surface area (Å²) in [5.74, 6) is 5.79. The van der Waals surface area contributed by atoms with Gasteiger partial charge in [0.1, 0.15) is 5.82 Å². The molecule has 0 amide bonds. The number of aryl methyl sites for hydroxylation is 1. The van der Waals surface area contributed by atoms with Crippen LogP contribution in [0.3, 0.4) is 0 Å². The van der Waals surface area contributed by atoms with E-state index >= 15 is 0 Å². The summed E-state index contributed by atoms with van der Waals surface area (Å²) in [5, 5.41) is 4.07. The van der Waals surface area contributed by atoms with Crippen LogP contribution in [0.25, 0.3) is 0 Å². The van der Waals surface area contributed by atoms with Gasteiger partial charge in [0.15, 0.2) is 6.73 Å². The summed E-state index contributed by atoms with van der Waals surface area (Å²) in [6, 6.07) is 0. The standard InChI is InChI=1S/C19H23N3O3S/c1-7-10-21-13(4)20-22(18(21)24)12-25-17(23)16-15(19(16,5)6)11-14(8-2)26-9-3/h1-2,11,15-16H,9-10,12H2,3-6H3/b14-11-/t15-,16+/m1/s1. The minimum Gasteiger partial charge on any atom is -0.442 e. The second-order valence-corrected chi connectivity index (χ2v) is 7.95. The van der Waals surface area contributed by atoms with Gasteiger partial charge in [0.05, 0.1) is 17.4 Å². The van der Waals surface area contributed by atoms with Crippen molar-refractivity contribution in [2.24, 2.45) is 17.3 Å². The Labute approximate surface area is 158 Å². The van der Waals surface area contributed by atoms with Crippen molar-refractivity contribution in [2.45, 2.75) is 41.0 Å². The van der Waals surface area contributed by atoms with Crippen LogP contribution in [-0.4, -0.2) is 26.1 Å². The zero-order valence-corrected chi connectivity index (χ0v) is 16.3. The molecule has 0 N–H and O–H groups in total. The smallest absolute Gasteiger partial charge is 0.349 e. The number of rotatable bonds is 7. The molecule has 0 saturated heterocycles. The molecule has 2 rings (SSSR count). The maximum atomic E-state index is 12.5. The maximum Gasteiger partial charge on any atom is 0.349 e. The monoisotopic (exact) mass is 373 g/mol. The van der Waals surface area contributed by atoms with E-state index in [2.05, 4.69) is 16.9 Å². The molecule has 0 aromatic carbocycles. The number of terminal acetylenes is 2.